The number of halogens is 3. The second kappa shape index (κ2) is 8.62. The van der Waals surface area contributed by atoms with Crippen LogP contribution in [-0.4, -0.2) is 34.4 Å². The van der Waals surface area contributed by atoms with E-state index in [0.29, 0.717) is 12.1 Å². The van der Waals surface area contributed by atoms with Crippen LogP contribution in [0.3, 0.4) is 0 Å². The summed E-state index contributed by atoms with van der Waals surface area (Å²) < 4.78 is 39.7. The minimum atomic E-state index is -4.46. The van der Waals surface area contributed by atoms with Crippen molar-refractivity contribution in [2.75, 3.05) is 6.54 Å². The molecule has 0 fully saturated rings. The molecule has 0 bridgehead atoms. The lowest BCUT2D eigenvalue weighted by Crippen LogP contribution is -2.43. The summed E-state index contributed by atoms with van der Waals surface area (Å²) in [6, 6.07) is 13.7. The number of nitrogens with one attached hydrogen (secondary N) is 1. The molecule has 0 spiro atoms. The lowest BCUT2D eigenvalue weighted by atomic mass is 9.83. The van der Waals surface area contributed by atoms with Gasteiger partial charge in [0.25, 0.3) is 0 Å². The maximum Gasteiger partial charge on any atom is 0.405 e. The van der Waals surface area contributed by atoms with E-state index < -0.39 is 30.1 Å². The third kappa shape index (κ3) is 5.15. The lowest BCUT2D eigenvalue weighted by molar-refractivity contribution is -0.141. The molecule has 2 N–H and O–H groups in total. The second-order valence-corrected chi connectivity index (χ2v) is 9.06. The van der Waals surface area contributed by atoms with Gasteiger partial charge in [0.2, 0.25) is 5.91 Å². The van der Waals surface area contributed by atoms with E-state index in [2.05, 4.69) is 18.2 Å². The number of rotatable bonds is 6. The van der Waals surface area contributed by atoms with Gasteiger partial charge in [-0.3, -0.25) is 4.79 Å². The number of fused-ring (bicyclic) bond motifs is 1. The number of hydrogen-bond acceptors (Lipinski definition) is 2. The number of benzene rings is 2. The van der Waals surface area contributed by atoms with Crippen molar-refractivity contribution < 1.29 is 23.1 Å². The lowest BCUT2D eigenvalue weighted by Gasteiger charge is -2.25. The Labute approximate surface area is 186 Å². The zero-order valence-corrected chi connectivity index (χ0v) is 19.0. The van der Waals surface area contributed by atoms with Gasteiger partial charge in [0.05, 0.1) is 11.5 Å². The number of amides is 1. The first kappa shape index (κ1) is 23.9. The number of aryl methyl sites for hydroxylation is 2. The molecule has 1 amide bonds. The zero-order chi connectivity index (χ0) is 23.8. The highest BCUT2D eigenvalue weighted by Crippen LogP contribution is 2.33. The number of alkyl halides is 3. The van der Waals surface area contributed by atoms with E-state index in [0.717, 1.165) is 33.3 Å². The van der Waals surface area contributed by atoms with E-state index in [-0.39, 0.29) is 0 Å². The Morgan fingerprint density at radius 1 is 1.06 bits per heavy atom. The summed E-state index contributed by atoms with van der Waals surface area (Å²) in [6.07, 6.45) is -5.03. The van der Waals surface area contributed by atoms with Crippen LogP contribution < -0.4 is 5.32 Å². The second-order valence-electron chi connectivity index (χ2n) is 9.06. The molecule has 0 saturated carbocycles. The van der Waals surface area contributed by atoms with Gasteiger partial charge in [0.1, 0.15) is 6.54 Å². The maximum absolute atomic E-state index is 12.5. The van der Waals surface area contributed by atoms with Crippen molar-refractivity contribution in [1.82, 2.24) is 9.88 Å². The first-order valence-corrected chi connectivity index (χ1v) is 10.5. The van der Waals surface area contributed by atoms with E-state index >= 15 is 0 Å². The van der Waals surface area contributed by atoms with Gasteiger partial charge in [0.15, 0.2) is 0 Å². The molecule has 0 aliphatic heterocycles. The molecular weight excluding hydrogens is 417 g/mol. The molecule has 0 saturated heterocycles. The highest BCUT2D eigenvalue weighted by atomic mass is 19.4. The average molecular weight is 447 g/mol. The highest BCUT2D eigenvalue weighted by molar-refractivity contribution is 5.92. The van der Waals surface area contributed by atoms with Crippen molar-refractivity contribution in [1.29, 1.82) is 0 Å². The molecule has 1 unspecified atom stereocenters. The van der Waals surface area contributed by atoms with Crippen LogP contribution in [0.15, 0.2) is 42.5 Å². The normalized spacial score (nSPS) is 13.4. The minimum absolute atomic E-state index is 0.390. The van der Waals surface area contributed by atoms with E-state index in [4.69, 9.17) is 0 Å². The Kier molecular flexibility index (Phi) is 6.43. The zero-order valence-electron chi connectivity index (χ0n) is 19.0. The molecule has 0 aliphatic rings. The van der Waals surface area contributed by atoms with Gasteiger partial charge in [0, 0.05) is 23.1 Å². The highest BCUT2D eigenvalue weighted by Gasteiger charge is 2.34. The van der Waals surface area contributed by atoms with Gasteiger partial charge in [-0.2, -0.15) is 13.2 Å². The molecule has 4 nitrogen and oxygen atoms in total. The summed E-state index contributed by atoms with van der Waals surface area (Å²) in [5.41, 5.74) is 4.55. The number of hydrogen-bond donors (Lipinski definition) is 2. The molecule has 1 heterocycles. The van der Waals surface area contributed by atoms with Crippen LogP contribution in [0.25, 0.3) is 22.2 Å². The average Bonchev–Trinajstić information content (AvgIpc) is 3.02. The Morgan fingerprint density at radius 3 is 2.25 bits per heavy atom. The van der Waals surface area contributed by atoms with Crippen molar-refractivity contribution in [3.8, 4) is 11.3 Å². The van der Waals surface area contributed by atoms with Gasteiger partial charge in [-0.15, -0.1) is 0 Å². The molecule has 2 aromatic carbocycles. The standard InChI is InChI=1S/C25H29F3N2O2/c1-15-8-16(2)10-18(9-15)22-12-19-11-20(6-7-21(19)30(22)13-17(3)31)24(4,5)23(32)29-14-25(26,27)28/h6-12,17,31H,13-14H2,1-5H3,(H,29,32). The molecule has 0 radical (unpaired) electrons. The predicted molar refractivity (Wildman–Crippen MR) is 121 cm³/mol. The molecule has 172 valence electrons. The summed E-state index contributed by atoms with van der Waals surface area (Å²) in [7, 11) is 0. The number of carbonyl (C=O) groups excluding carboxylic acids is 1. The Bertz CT molecular complexity index is 1120. The molecule has 1 aromatic heterocycles. The van der Waals surface area contributed by atoms with Crippen LogP contribution in [0.1, 0.15) is 37.5 Å². The number of nitrogens with zero attached hydrogens (tertiary/aromatic N) is 1. The number of carbonyl (C=O) groups is 1. The predicted octanol–water partition coefficient (Wildman–Crippen LogP) is 5.26. The first-order chi connectivity index (χ1) is 14.8. The monoisotopic (exact) mass is 446 g/mol. The molecule has 0 aliphatic carbocycles. The minimum Gasteiger partial charge on any atom is -0.392 e. The SMILES string of the molecule is Cc1cc(C)cc(-c2cc3cc(C(C)(C)C(=O)NCC(F)(F)F)ccc3n2CC(C)O)c1. The van der Waals surface area contributed by atoms with E-state index in [1.165, 1.54) is 0 Å². The Hall–Kier alpha value is -2.80. The fourth-order valence-electron chi connectivity index (χ4n) is 4.01. The van der Waals surface area contributed by atoms with Crippen molar-refractivity contribution in [2.24, 2.45) is 0 Å². The summed E-state index contributed by atoms with van der Waals surface area (Å²) in [6.45, 7) is 8.02. The van der Waals surface area contributed by atoms with Crippen molar-refractivity contribution >= 4 is 16.8 Å². The Morgan fingerprint density at radius 2 is 1.69 bits per heavy atom. The van der Waals surface area contributed by atoms with Crippen molar-refractivity contribution in [2.45, 2.75) is 58.9 Å². The topological polar surface area (TPSA) is 54.3 Å². The smallest absolute Gasteiger partial charge is 0.392 e. The van der Waals surface area contributed by atoms with Gasteiger partial charge in [-0.1, -0.05) is 23.3 Å². The van der Waals surface area contributed by atoms with Crippen LogP contribution >= 0.6 is 0 Å². The summed E-state index contributed by atoms with van der Waals surface area (Å²) in [4.78, 5) is 12.5. The van der Waals surface area contributed by atoms with Crippen molar-refractivity contribution in [3.05, 3.63) is 59.2 Å². The fraction of sp³-hybridized carbons (Fsp3) is 0.400. The molecular formula is C25H29F3N2O2. The maximum atomic E-state index is 12.5. The van der Waals surface area contributed by atoms with Gasteiger partial charge >= 0.3 is 6.18 Å². The van der Waals surface area contributed by atoms with Crippen LogP contribution in [0, 0.1) is 13.8 Å². The van der Waals surface area contributed by atoms with Crippen molar-refractivity contribution in [3.63, 3.8) is 0 Å². The van der Waals surface area contributed by atoms with E-state index in [1.54, 1.807) is 26.8 Å². The summed E-state index contributed by atoms with van der Waals surface area (Å²) in [5.74, 6) is -0.688. The fourth-order valence-corrected chi connectivity index (χ4v) is 4.01. The largest absolute Gasteiger partial charge is 0.405 e. The van der Waals surface area contributed by atoms with Crippen LogP contribution in [0.2, 0.25) is 0 Å². The molecule has 3 rings (SSSR count). The van der Waals surface area contributed by atoms with Crippen LogP contribution in [-0.2, 0) is 16.8 Å². The number of aromatic nitrogens is 1. The first-order valence-electron chi connectivity index (χ1n) is 10.5. The Balaban J connectivity index is 2.07. The van der Waals surface area contributed by atoms with Gasteiger partial charge < -0.3 is 15.0 Å². The van der Waals surface area contributed by atoms with Crippen LogP contribution in [0.5, 0.6) is 0 Å². The third-order valence-electron chi connectivity index (χ3n) is 5.60. The number of aliphatic hydroxyl groups excluding tert-OH is 1. The summed E-state index contributed by atoms with van der Waals surface area (Å²) >= 11 is 0. The van der Waals surface area contributed by atoms with E-state index in [1.807, 2.05) is 41.9 Å². The molecule has 7 heteroatoms. The summed E-state index contributed by atoms with van der Waals surface area (Å²) in [5, 5.41) is 12.9. The quantitative estimate of drug-likeness (QED) is 0.543. The number of aliphatic hydroxyl groups is 1. The molecule has 3 aromatic rings. The van der Waals surface area contributed by atoms with E-state index in [9.17, 15) is 23.1 Å². The molecule has 1 atom stereocenters. The van der Waals surface area contributed by atoms with Gasteiger partial charge in [-0.05, 0) is 76.1 Å². The third-order valence-corrected chi connectivity index (χ3v) is 5.60. The van der Waals surface area contributed by atoms with Gasteiger partial charge in [-0.25, -0.2) is 0 Å². The van der Waals surface area contributed by atoms with Crippen LogP contribution in [0.4, 0.5) is 13.2 Å². The molecule has 32 heavy (non-hydrogen) atoms.